The number of hydrogen-bond donors (Lipinski definition) is 0. The Morgan fingerprint density at radius 2 is 1.71 bits per heavy atom. The summed E-state index contributed by atoms with van der Waals surface area (Å²) in [4.78, 5) is 11.4. The molecule has 0 atom stereocenters. The number of hydrogen-bond acceptors (Lipinski definition) is 3. The van der Waals surface area contributed by atoms with Crippen LogP contribution in [0.4, 0.5) is 13.2 Å². The van der Waals surface area contributed by atoms with Crippen molar-refractivity contribution in [1.29, 1.82) is 0 Å². The minimum atomic E-state index is -4.40. The quantitative estimate of drug-likeness (QED) is 0.785. The summed E-state index contributed by atoms with van der Waals surface area (Å²) in [6.45, 7) is 3.47. The van der Waals surface area contributed by atoms with Crippen LogP contribution in [0.5, 0.6) is 0 Å². The van der Waals surface area contributed by atoms with E-state index in [9.17, 15) is 13.2 Å². The summed E-state index contributed by atoms with van der Waals surface area (Å²) in [6, 6.07) is 0. The molecule has 0 aliphatic carbocycles. The standard InChI is InChI=1S/C10H11BrF3N3/c1-6(8-15-4-7(11)5-16-8)17-9(2,3)10(12,13)14/h4-5H,1-3H3. The van der Waals surface area contributed by atoms with Gasteiger partial charge in [0.15, 0.2) is 11.4 Å². The second-order valence-corrected chi connectivity index (χ2v) is 4.89. The summed E-state index contributed by atoms with van der Waals surface area (Å²) in [5.74, 6) is 0.186. The fourth-order valence-electron chi connectivity index (χ4n) is 1.03. The van der Waals surface area contributed by atoms with Crippen LogP contribution in [-0.2, 0) is 0 Å². The van der Waals surface area contributed by atoms with Gasteiger partial charge in [-0.1, -0.05) is 0 Å². The summed E-state index contributed by atoms with van der Waals surface area (Å²) < 4.78 is 38.5. The van der Waals surface area contributed by atoms with Gasteiger partial charge < -0.3 is 0 Å². The van der Waals surface area contributed by atoms with Crippen molar-refractivity contribution in [1.82, 2.24) is 9.97 Å². The van der Waals surface area contributed by atoms with Crippen molar-refractivity contribution in [2.24, 2.45) is 4.99 Å². The molecule has 0 aliphatic rings. The Morgan fingerprint density at radius 1 is 1.24 bits per heavy atom. The van der Waals surface area contributed by atoms with Crippen molar-refractivity contribution in [2.75, 3.05) is 0 Å². The van der Waals surface area contributed by atoms with Crippen LogP contribution in [0.1, 0.15) is 26.6 Å². The molecule has 0 N–H and O–H groups in total. The van der Waals surface area contributed by atoms with Crippen molar-refractivity contribution in [3.8, 4) is 0 Å². The smallest absolute Gasteiger partial charge is 0.271 e. The summed E-state index contributed by atoms with van der Waals surface area (Å²) in [5.41, 5.74) is -1.99. The molecule has 1 rings (SSSR count). The average Bonchev–Trinajstić information content (AvgIpc) is 2.16. The van der Waals surface area contributed by atoms with E-state index in [1.54, 1.807) is 0 Å². The lowest BCUT2D eigenvalue weighted by Gasteiger charge is -2.23. The highest BCUT2D eigenvalue weighted by Crippen LogP contribution is 2.33. The molecule has 1 heterocycles. The van der Waals surface area contributed by atoms with Crippen LogP contribution in [0, 0.1) is 0 Å². The van der Waals surface area contributed by atoms with Gasteiger partial charge in [0.05, 0.1) is 10.2 Å². The van der Waals surface area contributed by atoms with Crippen molar-refractivity contribution in [3.05, 3.63) is 22.7 Å². The zero-order valence-electron chi connectivity index (χ0n) is 9.51. The molecule has 94 valence electrons. The van der Waals surface area contributed by atoms with Gasteiger partial charge in [-0.25, -0.2) is 9.97 Å². The minimum absolute atomic E-state index is 0.153. The molecule has 1 aromatic heterocycles. The highest BCUT2D eigenvalue weighted by atomic mass is 79.9. The summed E-state index contributed by atoms with van der Waals surface area (Å²) in [6.07, 6.45) is -1.48. The van der Waals surface area contributed by atoms with Crippen molar-refractivity contribution in [2.45, 2.75) is 32.5 Å². The van der Waals surface area contributed by atoms with Gasteiger partial charge in [-0.05, 0) is 36.7 Å². The van der Waals surface area contributed by atoms with Crippen LogP contribution < -0.4 is 0 Å². The van der Waals surface area contributed by atoms with Crippen LogP contribution in [0.15, 0.2) is 21.9 Å². The zero-order valence-corrected chi connectivity index (χ0v) is 11.1. The molecular formula is C10H11BrF3N3. The molecule has 0 aromatic carbocycles. The molecule has 0 radical (unpaired) electrons. The monoisotopic (exact) mass is 309 g/mol. The largest absolute Gasteiger partial charge is 0.413 e. The van der Waals surface area contributed by atoms with E-state index in [0.717, 1.165) is 13.8 Å². The van der Waals surface area contributed by atoms with E-state index >= 15 is 0 Å². The molecular weight excluding hydrogens is 299 g/mol. The van der Waals surface area contributed by atoms with Gasteiger partial charge in [0, 0.05) is 12.4 Å². The minimum Gasteiger partial charge on any atom is -0.271 e. The first-order valence-electron chi connectivity index (χ1n) is 4.74. The SMILES string of the molecule is CC(=NC(C)(C)C(F)(F)F)c1ncc(Br)cn1. The van der Waals surface area contributed by atoms with E-state index in [-0.39, 0.29) is 11.5 Å². The second-order valence-electron chi connectivity index (χ2n) is 3.98. The first-order valence-corrected chi connectivity index (χ1v) is 5.54. The molecule has 0 amide bonds. The fourth-order valence-corrected chi connectivity index (χ4v) is 1.24. The zero-order chi connectivity index (χ0) is 13.3. The van der Waals surface area contributed by atoms with Crippen molar-refractivity contribution < 1.29 is 13.2 Å². The van der Waals surface area contributed by atoms with Crippen LogP contribution in [0.2, 0.25) is 0 Å². The van der Waals surface area contributed by atoms with E-state index in [0.29, 0.717) is 4.47 Å². The topological polar surface area (TPSA) is 38.1 Å². The predicted molar refractivity (Wildman–Crippen MR) is 62.1 cm³/mol. The van der Waals surface area contributed by atoms with Crippen LogP contribution >= 0.6 is 15.9 Å². The summed E-state index contributed by atoms with van der Waals surface area (Å²) >= 11 is 3.14. The predicted octanol–water partition coefficient (Wildman–Crippen LogP) is 3.39. The Kier molecular flexibility index (Phi) is 3.91. The molecule has 17 heavy (non-hydrogen) atoms. The summed E-state index contributed by atoms with van der Waals surface area (Å²) in [5, 5.41) is 0. The van der Waals surface area contributed by atoms with Gasteiger partial charge in [0.2, 0.25) is 0 Å². The molecule has 7 heteroatoms. The van der Waals surface area contributed by atoms with Crippen LogP contribution in [-0.4, -0.2) is 27.4 Å². The third-order valence-electron chi connectivity index (χ3n) is 2.08. The molecule has 1 aromatic rings. The molecule has 0 aliphatic heterocycles. The molecule has 0 saturated carbocycles. The maximum atomic E-state index is 12.6. The Labute approximate surface area is 105 Å². The van der Waals surface area contributed by atoms with E-state index < -0.39 is 11.7 Å². The lowest BCUT2D eigenvalue weighted by Crippen LogP contribution is -2.38. The van der Waals surface area contributed by atoms with Crippen LogP contribution in [0.25, 0.3) is 0 Å². The highest BCUT2D eigenvalue weighted by molar-refractivity contribution is 9.10. The molecule has 0 unspecified atom stereocenters. The Balaban J connectivity index is 3.04. The Hall–Kier alpha value is -0.980. The first-order chi connectivity index (χ1) is 7.63. The maximum Gasteiger partial charge on any atom is 0.413 e. The fraction of sp³-hybridized carbons (Fsp3) is 0.500. The van der Waals surface area contributed by atoms with Gasteiger partial charge in [0.1, 0.15) is 0 Å². The number of nitrogens with zero attached hydrogens (tertiary/aromatic N) is 3. The third kappa shape index (κ3) is 3.49. The van der Waals surface area contributed by atoms with Gasteiger partial charge >= 0.3 is 6.18 Å². The number of alkyl halides is 3. The third-order valence-corrected chi connectivity index (χ3v) is 2.49. The van der Waals surface area contributed by atoms with E-state index in [1.165, 1.54) is 19.3 Å². The van der Waals surface area contributed by atoms with Gasteiger partial charge in [-0.2, -0.15) is 13.2 Å². The molecule has 3 nitrogen and oxygen atoms in total. The number of aliphatic imine (C=N–C) groups is 1. The van der Waals surface area contributed by atoms with Gasteiger partial charge in [0.25, 0.3) is 0 Å². The number of aromatic nitrogens is 2. The van der Waals surface area contributed by atoms with Crippen molar-refractivity contribution in [3.63, 3.8) is 0 Å². The van der Waals surface area contributed by atoms with E-state index in [4.69, 9.17) is 0 Å². The van der Waals surface area contributed by atoms with Crippen LogP contribution in [0.3, 0.4) is 0 Å². The van der Waals surface area contributed by atoms with E-state index in [2.05, 4.69) is 30.9 Å². The highest BCUT2D eigenvalue weighted by Gasteiger charge is 2.47. The second kappa shape index (κ2) is 4.72. The molecule has 0 fully saturated rings. The number of halogens is 4. The van der Waals surface area contributed by atoms with E-state index in [1.807, 2.05) is 0 Å². The molecule has 0 saturated heterocycles. The summed E-state index contributed by atoms with van der Waals surface area (Å²) in [7, 11) is 0. The van der Waals surface area contributed by atoms with Crippen molar-refractivity contribution >= 4 is 21.6 Å². The maximum absolute atomic E-state index is 12.6. The first kappa shape index (κ1) is 14.1. The normalized spacial score (nSPS) is 13.9. The van der Waals surface area contributed by atoms with Gasteiger partial charge in [-0.15, -0.1) is 0 Å². The molecule has 0 spiro atoms. The lowest BCUT2D eigenvalue weighted by atomic mass is 10.1. The lowest BCUT2D eigenvalue weighted by molar-refractivity contribution is -0.174. The number of rotatable bonds is 2. The Morgan fingerprint density at radius 3 is 2.12 bits per heavy atom. The molecule has 0 bridgehead atoms. The van der Waals surface area contributed by atoms with Gasteiger partial charge in [-0.3, -0.25) is 4.99 Å². The average molecular weight is 310 g/mol. The Bertz CT molecular complexity index is 423.